The van der Waals surface area contributed by atoms with E-state index in [-0.39, 0.29) is 30.9 Å². The van der Waals surface area contributed by atoms with E-state index in [1.54, 1.807) is 19.1 Å². The van der Waals surface area contributed by atoms with Crippen LogP contribution in [0.5, 0.6) is 11.5 Å². The highest BCUT2D eigenvalue weighted by atomic mass is 35.5. The number of aliphatic hydroxyl groups excluding tert-OH is 1. The van der Waals surface area contributed by atoms with Crippen molar-refractivity contribution < 1.29 is 19.4 Å². The molecule has 144 valence electrons. The SMILES string of the molecule is COc1ccc(OC)c(CN(CCO)C(=O)C2CC2c2cccc(Cl)c2)c1. The Bertz CT molecular complexity index is 811. The number of carbonyl (C=O) groups excluding carboxylic acids is 1. The Kier molecular flexibility index (Phi) is 6.24. The number of halogens is 1. The number of hydrogen-bond donors (Lipinski definition) is 1. The molecule has 1 saturated carbocycles. The van der Waals surface area contributed by atoms with Gasteiger partial charge in [0.1, 0.15) is 11.5 Å². The molecule has 6 heteroatoms. The minimum atomic E-state index is -0.0907. The fourth-order valence-electron chi connectivity index (χ4n) is 3.41. The topological polar surface area (TPSA) is 59.0 Å². The van der Waals surface area contributed by atoms with Crippen LogP contribution in [-0.2, 0) is 11.3 Å². The summed E-state index contributed by atoms with van der Waals surface area (Å²) in [7, 11) is 3.20. The number of aliphatic hydroxyl groups is 1. The van der Waals surface area contributed by atoms with Gasteiger partial charge >= 0.3 is 0 Å². The first-order valence-electron chi connectivity index (χ1n) is 8.93. The Hall–Kier alpha value is -2.24. The molecule has 1 fully saturated rings. The van der Waals surface area contributed by atoms with Crippen LogP contribution in [0.15, 0.2) is 42.5 Å². The number of methoxy groups -OCH3 is 2. The molecule has 3 rings (SSSR count). The highest BCUT2D eigenvalue weighted by Crippen LogP contribution is 2.49. The summed E-state index contributed by atoms with van der Waals surface area (Å²) in [5.74, 6) is 1.54. The Morgan fingerprint density at radius 3 is 2.70 bits per heavy atom. The summed E-state index contributed by atoms with van der Waals surface area (Å²) in [6.07, 6.45) is 0.802. The standard InChI is InChI=1S/C21H24ClNO4/c1-26-17-6-7-20(27-2)15(11-17)13-23(8-9-24)21(25)19-12-18(19)14-4-3-5-16(22)10-14/h3-7,10-11,18-19,24H,8-9,12-13H2,1-2H3. The van der Waals surface area contributed by atoms with E-state index in [9.17, 15) is 9.90 Å². The lowest BCUT2D eigenvalue weighted by Gasteiger charge is -2.23. The molecule has 0 spiro atoms. The third-order valence-corrected chi connectivity index (χ3v) is 5.15. The number of carbonyl (C=O) groups is 1. The highest BCUT2D eigenvalue weighted by Gasteiger charge is 2.45. The Morgan fingerprint density at radius 1 is 1.22 bits per heavy atom. The second-order valence-electron chi connectivity index (χ2n) is 6.66. The Morgan fingerprint density at radius 2 is 2.04 bits per heavy atom. The number of nitrogens with zero attached hydrogens (tertiary/aromatic N) is 1. The lowest BCUT2D eigenvalue weighted by Crippen LogP contribution is -2.34. The molecule has 2 aromatic carbocycles. The quantitative estimate of drug-likeness (QED) is 0.750. The van der Waals surface area contributed by atoms with Crippen LogP contribution in [0.2, 0.25) is 5.02 Å². The van der Waals surface area contributed by atoms with Gasteiger partial charge in [0.25, 0.3) is 0 Å². The molecule has 27 heavy (non-hydrogen) atoms. The molecular weight excluding hydrogens is 366 g/mol. The Balaban J connectivity index is 1.75. The van der Waals surface area contributed by atoms with Gasteiger partial charge in [0.2, 0.25) is 5.91 Å². The van der Waals surface area contributed by atoms with Crippen molar-refractivity contribution in [2.45, 2.75) is 18.9 Å². The van der Waals surface area contributed by atoms with E-state index in [1.165, 1.54) is 0 Å². The van der Waals surface area contributed by atoms with Gasteiger partial charge < -0.3 is 19.5 Å². The molecule has 0 saturated heterocycles. The van der Waals surface area contributed by atoms with Crippen LogP contribution in [0.4, 0.5) is 0 Å². The molecule has 1 N–H and O–H groups in total. The van der Waals surface area contributed by atoms with Crippen LogP contribution >= 0.6 is 11.6 Å². The van der Waals surface area contributed by atoms with Gasteiger partial charge in [-0.3, -0.25) is 4.79 Å². The van der Waals surface area contributed by atoms with Crippen molar-refractivity contribution in [2.24, 2.45) is 5.92 Å². The maximum atomic E-state index is 13.0. The van der Waals surface area contributed by atoms with Crippen molar-refractivity contribution in [3.05, 3.63) is 58.6 Å². The second-order valence-corrected chi connectivity index (χ2v) is 7.10. The first-order chi connectivity index (χ1) is 13.1. The van der Waals surface area contributed by atoms with Gasteiger partial charge in [0, 0.05) is 29.6 Å². The van der Waals surface area contributed by atoms with E-state index in [1.807, 2.05) is 42.5 Å². The van der Waals surface area contributed by atoms with Crippen LogP contribution in [0.1, 0.15) is 23.5 Å². The van der Waals surface area contributed by atoms with Gasteiger partial charge in [0.05, 0.1) is 20.8 Å². The number of hydrogen-bond acceptors (Lipinski definition) is 4. The lowest BCUT2D eigenvalue weighted by molar-refractivity contribution is -0.133. The van der Waals surface area contributed by atoms with E-state index in [0.29, 0.717) is 23.1 Å². The van der Waals surface area contributed by atoms with Crippen LogP contribution < -0.4 is 9.47 Å². The summed E-state index contributed by atoms with van der Waals surface area (Å²) in [5.41, 5.74) is 1.93. The molecule has 1 aliphatic carbocycles. The smallest absolute Gasteiger partial charge is 0.226 e. The van der Waals surface area contributed by atoms with Crippen molar-refractivity contribution in [3.63, 3.8) is 0 Å². The van der Waals surface area contributed by atoms with Gasteiger partial charge in [-0.1, -0.05) is 23.7 Å². The highest BCUT2D eigenvalue weighted by molar-refractivity contribution is 6.30. The summed E-state index contributed by atoms with van der Waals surface area (Å²) < 4.78 is 10.7. The van der Waals surface area contributed by atoms with E-state index >= 15 is 0 Å². The second kappa shape index (κ2) is 8.63. The average Bonchev–Trinajstić information content (AvgIpc) is 3.48. The zero-order valence-corrected chi connectivity index (χ0v) is 16.3. The van der Waals surface area contributed by atoms with Crippen molar-refractivity contribution >= 4 is 17.5 Å². The normalized spacial score (nSPS) is 18.1. The zero-order valence-electron chi connectivity index (χ0n) is 15.5. The van der Waals surface area contributed by atoms with Crippen LogP contribution in [0, 0.1) is 5.92 Å². The third kappa shape index (κ3) is 4.54. The first-order valence-corrected chi connectivity index (χ1v) is 9.31. The van der Waals surface area contributed by atoms with Gasteiger partial charge in [0.15, 0.2) is 0 Å². The molecule has 1 amide bonds. The van der Waals surface area contributed by atoms with Crippen molar-refractivity contribution in [1.29, 1.82) is 0 Å². The number of rotatable bonds is 8. The summed E-state index contributed by atoms with van der Waals surface area (Å²) in [6.45, 7) is 0.545. The predicted octanol–water partition coefficient (Wildman–Crippen LogP) is 3.48. The van der Waals surface area contributed by atoms with E-state index in [2.05, 4.69) is 0 Å². The van der Waals surface area contributed by atoms with Crippen molar-refractivity contribution in [3.8, 4) is 11.5 Å². The third-order valence-electron chi connectivity index (χ3n) is 4.91. The number of amides is 1. The minimum absolute atomic E-state index is 0.0406. The van der Waals surface area contributed by atoms with E-state index in [0.717, 1.165) is 17.5 Å². The minimum Gasteiger partial charge on any atom is -0.497 e. The van der Waals surface area contributed by atoms with E-state index < -0.39 is 0 Å². The van der Waals surface area contributed by atoms with Crippen molar-refractivity contribution in [2.75, 3.05) is 27.4 Å². The molecule has 0 heterocycles. The molecule has 2 atom stereocenters. The number of ether oxygens (including phenoxy) is 2. The molecular formula is C21H24ClNO4. The van der Waals surface area contributed by atoms with Gasteiger partial charge in [-0.05, 0) is 48.2 Å². The maximum Gasteiger partial charge on any atom is 0.226 e. The largest absolute Gasteiger partial charge is 0.497 e. The predicted molar refractivity (Wildman–Crippen MR) is 104 cm³/mol. The van der Waals surface area contributed by atoms with Crippen LogP contribution in [-0.4, -0.2) is 43.3 Å². The van der Waals surface area contributed by atoms with Crippen LogP contribution in [0.3, 0.4) is 0 Å². The summed E-state index contributed by atoms with van der Waals surface area (Å²) >= 11 is 6.07. The Labute approximate surface area is 164 Å². The molecule has 2 aromatic rings. The summed E-state index contributed by atoms with van der Waals surface area (Å²) in [5, 5.41) is 10.1. The summed E-state index contributed by atoms with van der Waals surface area (Å²) in [4.78, 5) is 14.7. The van der Waals surface area contributed by atoms with Crippen molar-refractivity contribution in [1.82, 2.24) is 4.90 Å². The molecule has 0 radical (unpaired) electrons. The summed E-state index contributed by atoms with van der Waals surface area (Å²) in [6, 6.07) is 13.2. The molecule has 0 bridgehead atoms. The van der Waals surface area contributed by atoms with Gasteiger partial charge in [-0.2, -0.15) is 0 Å². The maximum absolute atomic E-state index is 13.0. The molecule has 5 nitrogen and oxygen atoms in total. The molecule has 0 aliphatic heterocycles. The zero-order chi connectivity index (χ0) is 19.4. The average molecular weight is 390 g/mol. The molecule has 0 aromatic heterocycles. The van der Waals surface area contributed by atoms with E-state index in [4.69, 9.17) is 21.1 Å². The first kappa shape index (κ1) is 19.5. The molecule has 2 unspecified atom stereocenters. The van der Waals surface area contributed by atoms with Crippen LogP contribution in [0.25, 0.3) is 0 Å². The molecule has 1 aliphatic rings. The monoisotopic (exact) mass is 389 g/mol. The van der Waals surface area contributed by atoms with Gasteiger partial charge in [-0.25, -0.2) is 0 Å². The number of benzene rings is 2. The lowest BCUT2D eigenvalue weighted by atomic mass is 10.1. The fourth-order valence-corrected chi connectivity index (χ4v) is 3.61. The van der Waals surface area contributed by atoms with Gasteiger partial charge in [-0.15, -0.1) is 0 Å². The fraction of sp³-hybridized carbons (Fsp3) is 0.381.